The van der Waals surface area contributed by atoms with E-state index in [1.165, 1.54) is 26.7 Å². The van der Waals surface area contributed by atoms with E-state index in [1.54, 1.807) is 12.1 Å². The SMILES string of the molecule is Cc1ccccc1N1C(=O)C[C@H](NNC(=O)c2cc3c(s2)CCC3)C1=O. The van der Waals surface area contributed by atoms with Crippen LogP contribution in [0.3, 0.4) is 0 Å². The van der Waals surface area contributed by atoms with Gasteiger partial charge in [-0.1, -0.05) is 18.2 Å². The first-order chi connectivity index (χ1) is 12.5. The van der Waals surface area contributed by atoms with Crippen LogP contribution < -0.4 is 15.8 Å². The van der Waals surface area contributed by atoms with Crippen molar-refractivity contribution in [1.82, 2.24) is 10.9 Å². The van der Waals surface area contributed by atoms with Crippen molar-refractivity contribution in [2.45, 2.75) is 38.6 Å². The number of nitrogens with zero attached hydrogens (tertiary/aromatic N) is 1. The Morgan fingerprint density at radius 3 is 2.81 bits per heavy atom. The molecule has 1 fully saturated rings. The molecule has 2 heterocycles. The number of para-hydroxylation sites is 1. The van der Waals surface area contributed by atoms with Gasteiger partial charge in [0.05, 0.1) is 17.0 Å². The standard InChI is InChI=1S/C19H19N3O3S/c1-11-5-2-3-7-14(11)22-17(23)10-13(19(22)25)20-21-18(24)16-9-12-6-4-8-15(12)26-16/h2-3,5,7,9,13,20H,4,6,8,10H2,1H3,(H,21,24)/t13-/m0/s1. The Hall–Kier alpha value is -2.51. The van der Waals surface area contributed by atoms with Crippen LogP contribution >= 0.6 is 11.3 Å². The molecule has 134 valence electrons. The van der Waals surface area contributed by atoms with Gasteiger partial charge in [-0.3, -0.25) is 19.8 Å². The Labute approximate surface area is 155 Å². The monoisotopic (exact) mass is 369 g/mol. The number of benzene rings is 1. The predicted octanol–water partition coefficient (Wildman–Crippen LogP) is 2.11. The molecule has 1 aromatic heterocycles. The molecule has 1 aliphatic carbocycles. The van der Waals surface area contributed by atoms with Crippen molar-refractivity contribution in [3.63, 3.8) is 0 Å². The number of carbonyl (C=O) groups is 3. The van der Waals surface area contributed by atoms with Gasteiger partial charge >= 0.3 is 0 Å². The smallest absolute Gasteiger partial charge is 0.275 e. The Bertz CT molecular complexity index is 884. The number of anilines is 1. The van der Waals surface area contributed by atoms with Crippen LogP contribution in [0.25, 0.3) is 0 Å². The van der Waals surface area contributed by atoms with Gasteiger partial charge in [-0.25, -0.2) is 10.3 Å². The van der Waals surface area contributed by atoms with Crippen LogP contribution in [0.5, 0.6) is 0 Å². The third kappa shape index (κ3) is 2.93. The lowest BCUT2D eigenvalue weighted by molar-refractivity contribution is -0.121. The molecule has 7 heteroatoms. The minimum Gasteiger partial charge on any atom is -0.286 e. The molecule has 1 saturated heterocycles. The average Bonchev–Trinajstić information content (AvgIpc) is 3.28. The first-order valence-electron chi connectivity index (χ1n) is 8.64. The van der Waals surface area contributed by atoms with E-state index in [2.05, 4.69) is 10.9 Å². The Morgan fingerprint density at radius 2 is 2.04 bits per heavy atom. The summed E-state index contributed by atoms with van der Waals surface area (Å²) in [6.07, 6.45) is 3.22. The maximum atomic E-state index is 12.6. The van der Waals surface area contributed by atoms with Gasteiger partial charge in [0.15, 0.2) is 0 Å². The fourth-order valence-corrected chi connectivity index (χ4v) is 4.62. The number of rotatable bonds is 4. The van der Waals surface area contributed by atoms with Crippen molar-refractivity contribution in [1.29, 1.82) is 0 Å². The third-order valence-corrected chi connectivity index (χ3v) is 6.07. The van der Waals surface area contributed by atoms with E-state index in [-0.39, 0.29) is 24.1 Å². The molecule has 0 bridgehead atoms. The highest BCUT2D eigenvalue weighted by Gasteiger charge is 2.40. The Kier molecular flexibility index (Phi) is 4.34. The zero-order chi connectivity index (χ0) is 18.3. The molecule has 1 aromatic carbocycles. The van der Waals surface area contributed by atoms with Crippen molar-refractivity contribution >= 4 is 34.7 Å². The Balaban J connectivity index is 1.42. The quantitative estimate of drug-likeness (QED) is 0.639. The number of amides is 3. The first kappa shape index (κ1) is 16.9. The molecule has 0 radical (unpaired) electrons. The average molecular weight is 369 g/mol. The summed E-state index contributed by atoms with van der Waals surface area (Å²) in [5.74, 6) is -0.886. The molecular formula is C19H19N3O3S. The molecule has 1 aliphatic heterocycles. The number of imide groups is 1. The number of carbonyl (C=O) groups excluding carboxylic acids is 3. The molecule has 4 rings (SSSR count). The zero-order valence-corrected chi connectivity index (χ0v) is 15.2. The summed E-state index contributed by atoms with van der Waals surface area (Å²) in [5, 5.41) is 0. The summed E-state index contributed by atoms with van der Waals surface area (Å²) >= 11 is 1.50. The molecule has 2 aliphatic rings. The minimum absolute atomic E-state index is 0.0222. The number of aryl methyl sites for hydroxylation is 3. The van der Waals surface area contributed by atoms with Crippen LogP contribution in [-0.4, -0.2) is 23.8 Å². The summed E-state index contributed by atoms with van der Waals surface area (Å²) in [7, 11) is 0. The second-order valence-electron chi connectivity index (χ2n) is 6.62. The van der Waals surface area contributed by atoms with Crippen LogP contribution in [0.2, 0.25) is 0 Å². The van der Waals surface area contributed by atoms with Crippen molar-refractivity contribution in [2.24, 2.45) is 0 Å². The summed E-state index contributed by atoms with van der Waals surface area (Å²) in [4.78, 5) is 40.4. The van der Waals surface area contributed by atoms with E-state index in [9.17, 15) is 14.4 Å². The number of fused-ring (bicyclic) bond motifs is 1. The summed E-state index contributed by atoms with van der Waals surface area (Å²) in [6.45, 7) is 1.86. The molecule has 0 spiro atoms. The van der Waals surface area contributed by atoms with Gasteiger partial charge in [-0.2, -0.15) is 0 Å². The van der Waals surface area contributed by atoms with E-state index in [1.807, 2.05) is 25.1 Å². The van der Waals surface area contributed by atoms with E-state index >= 15 is 0 Å². The Morgan fingerprint density at radius 1 is 1.23 bits per heavy atom. The number of hydrogen-bond acceptors (Lipinski definition) is 5. The number of thiophene rings is 1. The van der Waals surface area contributed by atoms with Crippen LogP contribution in [0.4, 0.5) is 5.69 Å². The van der Waals surface area contributed by atoms with Gasteiger partial charge < -0.3 is 0 Å². The topological polar surface area (TPSA) is 78.5 Å². The number of hydrogen-bond donors (Lipinski definition) is 2. The summed E-state index contributed by atoms with van der Waals surface area (Å²) in [5.41, 5.74) is 8.02. The summed E-state index contributed by atoms with van der Waals surface area (Å²) < 4.78 is 0. The van der Waals surface area contributed by atoms with Gasteiger partial charge in [-0.15, -0.1) is 11.3 Å². The van der Waals surface area contributed by atoms with Gasteiger partial charge in [0.25, 0.3) is 11.8 Å². The highest BCUT2D eigenvalue weighted by molar-refractivity contribution is 7.14. The van der Waals surface area contributed by atoms with Crippen LogP contribution in [0.1, 0.15) is 38.5 Å². The number of nitrogens with one attached hydrogen (secondary N) is 2. The van der Waals surface area contributed by atoms with E-state index in [4.69, 9.17) is 0 Å². The molecule has 0 unspecified atom stereocenters. The minimum atomic E-state index is -0.752. The van der Waals surface area contributed by atoms with Crippen molar-refractivity contribution < 1.29 is 14.4 Å². The van der Waals surface area contributed by atoms with Crippen LogP contribution in [-0.2, 0) is 22.4 Å². The normalized spacial score (nSPS) is 19.1. The van der Waals surface area contributed by atoms with Gasteiger partial charge in [0.1, 0.15) is 6.04 Å². The highest BCUT2D eigenvalue weighted by atomic mass is 32.1. The fraction of sp³-hybridized carbons (Fsp3) is 0.316. The van der Waals surface area contributed by atoms with Gasteiger partial charge in [-0.05, 0) is 49.4 Å². The molecule has 6 nitrogen and oxygen atoms in total. The molecule has 0 saturated carbocycles. The largest absolute Gasteiger partial charge is 0.286 e. The van der Waals surface area contributed by atoms with Gasteiger partial charge in [0.2, 0.25) is 5.91 Å². The van der Waals surface area contributed by atoms with Gasteiger partial charge in [0, 0.05) is 4.88 Å². The van der Waals surface area contributed by atoms with E-state index in [0.29, 0.717) is 10.6 Å². The fourth-order valence-electron chi connectivity index (χ4n) is 3.47. The second-order valence-corrected chi connectivity index (χ2v) is 7.76. The third-order valence-electron chi connectivity index (χ3n) is 4.83. The first-order valence-corrected chi connectivity index (χ1v) is 9.46. The molecule has 1 atom stereocenters. The van der Waals surface area contributed by atoms with Crippen molar-refractivity contribution in [2.75, 3.05) is 4.90 Å². The lowest BCUT2D eigenvalue weighted by Crippen LogP contribution is -2.48. The maximum Gasteiger partial charge on any atom is 0.275 e. The molecule has 2 N–H and O–H groups in total. The predicted molar refractivity (Wildman–Crippen MR) is 99.0 cm³/mol. The molecule has 2 aromatic rings. The zero-order valence-electron chi connectivity index (χ0n) is 14.4. The summed E-state index contributed by atoms with van der Waals surface area (Å²) in [6, 6.07) is 8.43. The lowest BCUT2D eigenvalue weighted by atomic mass is 10.2. The van der Waals surface area contributed by atoms with E-state index in [0.717, 1.165) is 24.8 Å². The molecule has 26 heavy (non-hydrogen) atoms. The second kappa shape index (κ2) is 6.66. The maximum absolute atomic E-state index is 12.6. The number of hydrazine groups is 1. The molecular weight excluding hydrogens is 350 g/mol. The highest BCUT2D eigenvalue weighted by Crippen LogP contribution is 2.30. The van der Waals surface area contributed by atoms with Crippen molar-refractivity contribution in [3.05, 3.63) is 51.2 Å². The lowest BCUT2D eigenvalue weighted by Gasteiger charge is -2.17. The van der Waals surface area contributed by atoms with Crippen molar-refractivity contribution in [3.8, 4) is 0 Å². The van der Waals surface area contributed by atoms with Crippen LogP contribution in [0, 0.1) is 6.92 Å². The van der Waals surface area contributed by atoms with Crippen LogP contribution in [0.15, 0.2) is 30.3 Å². The molecule has 3 amide bonds. The van der Waals surface area contributed by atoms with E-state index < -0.39 is 6.04 Å².